The summed E-state index contributed by atoms with van der Waals surface area (Å²) >= 11 is 0. The molecule has 5 nitrogen and oxygen atoms in total. The first kappa shape index (κ1) is 21.0. The summed E-state index contributed by atoms with van der Waals surface area (Å²) in [6.45, 7) is 8.22. The zero-order valence-corrected chi connectivity index (χ0v) is 17.9. The number of ether oxygens (including phenoxy) is 2. The molecule has 0 aliphatic carbocycles. The molecule has 0 aromatic heterocycles. The molecule has 156 valence electrons. The van der Waals surface area contributed by atoms with E-state index in [0.29, 0.717) is 5.92 Å². The second kappa shape index (κ2) is 9.68. The van der Waals surface area contributed by atoms with Crippen LogP contribution in [0.1, 0.15) is 43.7 Å². The maximum Gasteiger partial charge on any atom is 0.258 e. The molecule has 1 aliphatic heterocycles. The van der Waals surface area contributed by atoms with Gasteiger partial charge in [-0.1, -0.05) is 26.0 Å². The van der Waals surface area contributed by atoms with E-state index < -0.39 is 0 Å². The van der Waals surface area contributed by atoms with Gasteiger partial charge in [0.15, 0.2) is 6.61 Å². The van der Waals surface area contributed by atoms with E-state index in [-0.39, 0.29) is 18.6 Å². The van der Waals surface area contributed by atoms with Crippen LogP contribution in [-0.2, 0) is 4.79 Å². The molecule has 2 aromatic rings. The molecular weight excluding hydrogens is 364 g/mol. The molecule has 29 heavy (non-hydrogen) atoms. The number of hydrogen-bond donors (Lipinski definition) is 1. The molecule has 0 unspecified atom stereocenters. The van der Waals surface area contributed by atoms with E-state index in [1.165, 1.54) is 11.3 Å². The Bertz CT molecular complexity index is 809. The fraction of sp³-hybridized carbons (Fsp3) is 0.458. The van der Waals surface area contributed by atoms with Crippen molar-refractivity contribution in [3.8, 4) is 11.5 Å². The van der Waals surface area contributed by atoms with Crippen LogP contribution in [0, 0.1) is 6.92 Å². The minimum absolute atomic E-state index is 0.0535. The van der Waals surface area contributed by atoms with Crippen molar-refractivity contribution in [2.24, 2.45) is 0 Å². The van der Waals surface area contributed by atoms with Crippen LogP contribution in [0.2, 0.25) is 0 Å². The summed E-state index contributed by atoms with van der Waals surface area (Å²) < 4.78 is 11.0. The van der Waals surface area contributed by atoms with E-state index in [2.05, 4.69) is 48.3 Å². The Balaban J connectivity index is 1.45. The Labute approximate surface area is 174 Å². The largest absolute Gasteiger partial charge is 0.497 e. The van der Waals surface area contributed by atoms with Crippen molar-refractivity contribution in [1.29, 1.82) is 0 Å². The van der Waals surface area contributed by atoms with Crippen LogP contribution in [0.4, 0.5) is 5.69 Å². The fourth-order valence-corrected chi connectivity index (χ4v) is 3.62. The number of carbonyl (C=O) groups excluding carboxylic acids is 1. The molecule has 0 spiro atoms. The summed E-state index contributed by atoms with van der Waals surface area (Å²) in [5.74, 6) is 2.04. The van der Waals surface area contributed by atoms with Gasteiger partial charge in [-0.3, -0.25) is 4.79 Å². The normalized spacial score (nSPS) is 14.7. The van der Waals surface area contributed by atoms with Crippen molar-refractivity contribution >= 4 is 11.6 Å². The maximum absolute atomic E-state index is 12.4. The highest BCUT2D eigenvalue weighted by Crippen LogP contribution is 2.25. The topological polar surface area (TPSA) is 50.8 Å². The van der Waals surface area contributed by atoms with Crippen LogP contribution in [0.3, 0.4) is 0 Å². The van der Waals surface area contributed by atoms with Crippen molar-refractivity contribution in [3.63, 3.8) is 0 Å². The third-order valence-electron chi connectivity index (χ3n) is 5.54. The number of hydrogen-bond acceptors (Lipinski definition) is 4. The zero-order valence-electron chi connectivity index (χ0n) is 17.9. The first-order valence-corrected chi connectivity index (χ1v) is 10.4. The number of rotatable bonds is 7. The van der Waals surface area contributed by atoms with Gasteiger partial charge in [0, 0.05) is 24.8 Å². The van der Waals surface area contributed by atoms with Crippen LogP contribution in [-0.4, -0.2) is 38.8 Å². The lowest BCUT2D eigenvalue weighted by Crippen LogP contribution is -2.46. The van der Waals surface area contributed by atoms with Crippen LogP contribution in [0.5, 0.6) is 11.5 Å². The lowest BCUT2D eigenvalue weighted by Gasteiger charge is -2.34. The molecule has 1 N–H and O–H groups in total. The third kappa shape index (κ3) is 5.66. The number of carbonyl (C=O) groups is 1. The van der Waals surface area contributed by atoms with Crippen molar-refractivity contribution in [2.75, 3.05) is 31.7 Å². The monoisotopic (exact) mass is 396 g/mol. The van der Waals surface area contributed by atoms with Gasteiger partial charge in [-0.2, -0.15) is 0 Å². The average molecular weight is 397 g/mol. The molecule has 5 heteroatoms. The summed E-state index contributed by atoms with van der Waals surface area (Å²) in [6.07, 6.45) is 1.86. The molecule has 1 aliphatic rings. The Kier molecular flexibility index (Phi) is 7.02. The minimum Gasteiger partial charge on any atom is -0.497 e. The number of nitrogens with one attached hydrogen (secondary N) is 1. The molecule has 1 heterocycles. The molecular formula is C24H32N2O3. The fourth-order valence-electron chi connectivity index (χ4n) is 3.62. The predicted octanol–water partition coefficient (Wildman–Crippen LogP) is 4.29. The van der Waals surface area contributed by atoms with Crippen molar-refractivity contribution < 1.29 is 14.3 Å². The number of methoxy groups -OCH3 is 1. The lowest BCUT2D eigenvalue weighted by atomic mass is 10.0. The highest BCUT2D eigenvalue weighted by Gasteiger charge is 2.21. The zero-order chi connectivity index (χ0) is 20.8. The smallest absolute Gasteiger partial charge is 0.258 e. The third-order valence-corrected chi connectivity index (χ3v) is 5.54. The predicted molar refractivity (Wildman–Crippen MR) is 117 cm³/mol. The number of anilines is 1. The van der Waals surface area contributed by atoms with Crippen LogP contribution < -0.4 is 19.7 Å². The van der Waals surface area contributed by atoms with Gasteiger partial charge >= 0.3 is 0 Å². The molecule has 1 amide bonds. The first-order valence-electron chi connectivity index (χ1n) is 10.4. The van der Waals surface area contributed by atoms with Gasteiger partial charge in [-0.15, -0.1) is 0 Å². The average Bonchev–Trinajstić information content (AvgIpc) is 2.73. The molecule has 0 radical (unpaired) electrons. The SMILES string of the molecule is COc1ccc(N2CCC(NC(=O)COc3cc(C(C)C)ccc3C)CC2)cc1. The molecule has 0 bridgehead atoms. The Hall–Kier alpha value is -2.69. The highest BCUT2D eigenvalue weighted by atomic mass is 16.5. The van der Waals surface area contributed by atoms with Gasteiger partial charge in [-0.25, -0.2) is 0 Å². The van der Waals surface area contributed by atoms with Crippen LogP contribution >= 0.6 is 0 Å². The number of benzene rings is 2. The van der Waals surface area contributed by atoms with Gasteiger partial charge < -0.3 is 19.7 Å². The molecule has 2 aromatic carbocycles. The number of nitrogens with zero attached hydrogens (tertiary/aromatic N) is 1. The van der Waals surface area contributed by atoms with E-state index in [0.717, 1.165) is 43.0 Å². The maximum atomic E-state index is 12.4. The Morgan fingerprint density at radius 2 is 1.83 bits per heavy atom. The standard InChI is InChI=1S/C24H32N2O3/c1-17(2)19-6-5-18(3)23(15-19)29-16-24(27)25-20-11-13-26(14-12-20)21-7-9-22(28-4)10-8-21/h5-10,15,17,20H,11-14,16H2,1-4H3,(H,25,27). The second-order valence-corrected chi connectivity index (χ2v) is 8.00. The minimum atomic E-state index is -0.0535. The number of piperidine rings is 1. The summed E-state index contributed by atoms with van der Waals surface area (Å²) in [7, 11) is 1.68. The number of aryl methyl sites for hydroxylation is 1. The van der Waals surface area contributed by atoms with Crippen LogP contribution in [0.25, 0.3) is 0 Å². The second-order valence-electron chi connectivity index (χ2n) is 8.00. The highest BCUT2D eigenvalue weighted by molar-refractivity contribution is 5.78. The van der Waals surface area contributed by atoms with Gasteiger partial charge in [0.25, 0.3) is 5.91 Å². The van der Waals surface area contributed by atoms with E-state index in [9.17, 15) is 4.79 Å². The molecule has 3 rings (SSSR count). The van der Waals surface area contributed by atoms with Crippen molar-refractivity contribution in [3.05, 3.63) is 53.6 Å². The van der Waals surface area contributed by atoms with Crippen molar-refractivity contribution in [2.45, 2.75) is 45.6 Å². The van der Waals surface area contributed by atoms with Crippen LogP contribution in [0.15, 0.2) is 42.5 Å². The molecule has 0 saturated carbocycles. The quantitative estimate of drug-likeness (QED) is 0.758. The van der Waals surface area contributed by atoms with E-state index in [1.54, 1.807) is 7.11 Å². The Morgan fingerprint density at radius 1 is 1.14 bits per heavy atom. The van der Waals surface area contributed by atoms with Gasteiger partial charge in [0.2, 0.25) is 0 Å². The van der Waals surface area contributed by atoms with Crippen molar-refractivity contribution in [1.82, 2.24) is 5.32 Å². The van der Waals surface area contributed by atoms with Gasteiger partial charge in [0.1, 0.15) is 11.5 Å². The summed E-state index contributed by atoms with van der Waals surface area (Å²) in [5.41, 5.74) is 3.46. The van der Waals surface area contributed by atoms with Gasteiger partial charge in [-0.05, 0) is 67.1 Å². The molecule has 1 saturated heterocycles. The Morgan fingerprint density at radius 3 is 2.45 bits per heavy atom. The van der Waals surface area contributed by atoms with E-state index in [1.807, 2.05) is 25.1 Å². The summed E-state index contributed by atoms with van der Waals surface area (Å²) in [6, 6.07) is 14.5. The number of amides is 1. The van der Waals surface area contributed by atoms with E-state index in [4.69, 9.17) is 9.47 Å². The summed E-state index contributed by atoms with van der Waals surface area (Å²) in [5, 5.41) is 3.13. The first-order chi connectivity index (χ1) is 14.0. The summed E-state index contributed by atoms with van der Waals surface area (Å²) in [4.78, 5) is 14.7. The molecule has 1 fully saturated rings. The molecule has 0 atom stereocenters. The lowest BCUT2D eigenvalue weighted by molar-refractivity contribution is -0.123. The van der Waals surface area contributed by atoms with Gasteiger partial charge in [0.05, 0.1) is 7.11 Å². The van der Waals surface area contributed by atoms with E-state index >= 15 is 0 Å².